The van der Waals surface area contributed by atoms with Crippen LogP contribution in [0.15, 0.2) is 11.1 Å². The molecule has 0 radical (unpaired) electrons. The van der Waals surface area contributed by atoms with Crippen molar-refractivity contribution >= 4 is 10.0 Å². The van der Waals surface area contributed by atoms with E-state index in [0.29, 0.717) is 0 Å². The Morgan fingerprint density at radius 3 is 2.33 bits per heavy atom. The van der Waals surface area contributed by atoms with Crippen LogP contribution in [0.5, 0.6) is 11.6 Å². The van der Waals surface area contributed by atoms with Gasteiger partial charge in [0.15, 0.2) is 10.8 Å². The molecule has 0 spiro atoms. The second-order valence-corrected chi connectivity index (χ2v) is 4.72. The van der Waals surface area contributed by atoms with Gasteiger partial charge in [0, 0.05) is 0 Å². The molecule has 0 atom stereocenters. The minimum absolute atomic E-state index is 0.122. The fraction of sp³-hybridized carbons (Fsp3) is 0.375. The number of aromatic nitrogens is 1. The normalized spacial score (nSPS) is 12.3. The molecule has 0 aliphatic heterocycles. The summed E-state index contributed by atoms with van der Waals surface area (Å²) in [7, 11) is -3.12. The summed E-state index contributed by atoms with van der Waals surface area (Å²) in [5, 5.41) is 4.21. The van der Waals surface area contributed by atoms with Gasteiger partial charge in [0.25, 0.3) is 15.9 Å². The number of aryl methyl sites for hydroxylation is 1. The lowest BCUT2D eigenvalue weighted by Crippen LogP contribution is -2.20. The van der Waals surface area contributed by atoms with E-state index in [0.717, 1.165) is 13.2 Å². The van der Waals surface area contributed by atoms with Crippen LogP contribution in [0.3, 0.4) is 0 Å². The minimum atomic E-state index is -4.94. The number of rotatable bonds is 3. The Labute approximate surface area is 101 Å². The van der Waals surface area contributed by atoms with E-state index in [2.05, 4.69) is 14.5 Å². The summed E-state index contributed by atoms with van der Waals surface area (Å²) in [6.07, 6.45) is -4.94. The van der Waals surface area contributed by atoms with Crippen molar-refractivity contribution in [3.63, 3.8) is 0 Å². The number of nitrogens with zero attached hydrogens (tertiary/aromatic N) is 1. The summed E-state index contributed by atoms with van der Waals surface area (Å²) < 4.78 is 66.7. The molecule has 0 saturated carbocycles. The highest BCUT2D eigenvalue weighted by Gasteiger charge is 2.34. The molecule has 2 N–H and O–H groups in total. The Hall–Kier alpha value is -1.55. The summed E-state index contributed by atoms with van der Waals surface area (Å²) >= 11 is 0. The number of halogens is 3. The second kappa shape index (κ2) is 4.61. The first-order chi connectivity index (χ1) is 8.04. The Balaban J connectivity index is 3.38. The molecule has 0 unspecified atom stereocenters. The lowest BCUT2D eigenvalue weighted by atomic mass is 10.3. The first-order valence-corrected chi connectivity index (χ1v) is 5.93. The summed E-state index contributed by atoms with van der Waals surface area (Å²) in [5.41, 5.74) is -0.122. The number of methoxy groups -OCH3 is 1. The van der Waals surface area contributed by atoms with Crippen LogP contribution < -0.4 is 14.6 Å². The van der Waals surface area contributed by atoms with E-state index in [-0.39, 0.29) is 5.56 Å². The van der Waals surface area contributed by atoms with Crippen LogP contribution >= 0.6 is 0 Å². The Kier molecular flexibility index (Phi) is 3.72. The van der Waals surface area contributed by atoms with Gasteiger partial charge in [-0.15, -0.1) is 13.2 Å². The first-order valence-electron chi connectivity index (χ1n) is 4.39. The molecule has 6 nitrogen and oxygen atoms in total. The molecular formula is C8H9F3N2O4S. The van der Waals surface area contributed by atoms with Crippen molar-refractivity contribution in [2.24, 2.45) is 5.14 Å². The van der Waals surface area contributed by atoms with Gasteiger partial charge in [-0.3, -0.25) is 0 Å². The lowest BCUT2D eigenvalue weighted by molar-refractivity contribution is -0.275. The first kappa shape index (κ1) is 14.5. The SMILES string of the molecule is COc1nc(S(N)(=O)=O)cc(C)c1OC(F)(F)F. The van der Waals surface area contributed by atoms with Crippen molar-refractivity contribution in [3.05, 3.63) is 11.6 Å². The molecule has 0 bridgehead atoms. The molecule has 1 aromatic heterocycles. The number of sulfonamides is 1. The van der Waals surface area contributed by atoms with E-state index < -0.39 is 33.0 Å². The molecule has 10 heteroatoms. The zero-order chi connectivity index (χ0) is 14.1. The fourth-order valence-electron chi connectivity index (χ4n) is 1.13. The van der Waals surface area contributed by atoms with Gasteiger partial charge in [0.1, 0.15) is 0 Å². The van der Waals surface area contributed by atoms with Gasteiger partial charge in [-0.1, -0.05) is 0 Å². The molecule has 0 aromatic carbocycles. The van der Waals surface area contributed by atoms with Gasteiger partial charge in [0.05, 0.1) is 7.11 Å². The number of hydrogen-bond donors (Lipinski definition) is 1. The number of primary sulfonamides is 1. The molecule has 0 amide bonds. The molecule has 0 saturated heterocycles. The van der Waals surface area contributed by atoms with E-state index in [1.54, 1.807) is 0 Å². The summed E-state index contributed by atoms with van der Waals surface area (Å²) in [4.78, 5) is 3.35. The third-order valence-electron chi connectivity index (χ3n) is 1.81. The topological polar surface area (TPSA) is 91.5 Å². The zero-order valence-corrected chi connectivity index (χ0v) is 10.1. The fourth-order valence-corrected chi connectivity index (χ4v) is 1.68. The summed E-state index contributed by atoms with van der Waals surface area (Å²) in [5.74, 6) is -1.33. The molecule has 18 heavy (non-hydrogen) atoms. The van der Waals surface area contributed by atoms with Crippen LogP contribution in [-0.4, -0.2) is 26.9 Å². The monoisotopic (exact) mass is 286 g/mol. The van der Waals surface area contributed by atoms with Gasteiger partial charge in [-0.25, -0.2) is 13.6 Å². The summed E-state index contributed by atoms with van der Waals surface area (Å²) in [6.45, 7) is 1.21. The molecule has 0 aliphatic carbocycles. The van der Waals surface area contributed by atoms with E-state index >= 15 is 0 Å². The zero-order valence-electron chi connectivity index (χ0n) is 9.28. The van der Waals surface area contributed by atoms with Crippen molar-refractivity contribution in [3.8, 4) is 11.6 Å². The maximum Gasteiger partial charge on any atom is 0.573 e. The van der Waals surface area contributed by atoms with Gasteiger partial charge >= 0.3 is 6.36 Å². The highest BCUT2D eigenvalue weighted by Crippen LogP contribution is 2.34. The highest BCUT2D eigenvalue weighted by atomic mass is 32.2. The van der Waals surface area contributed by atoms with Crippen molar-refractivity contribution in [2.45, 2.75) is 18.3 Å². The van der Waals surface area contributed by atoms with Gasteiger partial charge in [0.2, 0.25) is 0 Å². The molecule has 1 aromatic rings. The van der Waals surface area contributed by atoms with Crippen LogP contribution in [0.4, 0.5) is 13.2 Å². The van der Waals surface area contributed by atoms with Crippen molar-refractivity contribution in [1.29, 1.82) is 0 Å². The maximum absolute atomic E-state index is 12.1. The number of alkyl halides is 3. The van der Waals surface area contributed by atoms with E-state index in [9.17, 15) is 21.6 Å². The van der Waals surface area contributed by atoms with Crippen LogP contribution in [0.1, 0.15) is 5.56 Å². The molecule has 0 fully saturated rings. The van der Waals surface area contributed by atoms with Gasteiger partial charge < -0.3 is 9.47 Å². The molecule has 0 aliphatic rings. The van der Waals surface area contributed by atoms with Crippen LogP contribution in [0.25, 0.3) is 0 Å². The molecular weight excluding hydrogens is 277 g/mol. The van der Waals surface area contributed by atoms with E-state index in [1.807, 2.05) is 0 Å². The van der Waals surface area contributed by atoms with Crippen molar-refractivity contribution in [1.82, 2.24) is 4.98 Å². The molecule has 1 rings (SSSR count). The number of ether oxygens (including phenoxy) is 2. The van der Waals surface area contributed by atoms with E-state index in [1.165, 1.54) is 6.92 Å². The Morgan fingerprint density at radius 2 is 1.94 bits per heavy atom. The number of nitrogens with two attached hydrogens (primary N) is 1. The van der Waals surface area contributed by atoms with E-state index in [4.69, 9.17) is 5.14 Å². The van der Waals surface area contributed by atoms with Gasteiger partial charge in [-0.2, -0.15) is 4.98 Å². The second-order valence-electron chi connectivity index (χ2n) is 3.21. The molecule has 1 heterocycles. The average molecular weight is 286 g/mol. The maximum atomic E-state index is 12.1. The smallest absolute Gasteiger partial charge is 0.478 e. The van der Waals surface area contributed by atoms with Crippen LogP contribution in [0, 0.1) is 6.92 Å². The van der Waals surface area contributed by atoms with Crippen molar-refractivity contribution < 1.29 is 31.1 Å². The predicted molar refractivity (Wildman–Crippen MR) is 53.6 cm³/mol. The Morgan fingerprint density at radius 1 is 1.39 bits per heavy atom. The third kappa shape index (κ3) is 3.47. The van der Waals surface area contributed by atoms with Crippen molar-refractivity contribution in [2.75, 3.05) is 7.11 Å². The third-order valence-corrected chi connectivity index (χ3v) is 2.60. The summed E-state index contributed by atoms with van der Waals surface area (Å²) in [6, 6.07) is 0.860. The Bertz CT molecular complexity index is 556. The number of hydrogen-bond acceptors (Lipinski definition) is 5. The minimum Gasteiger partial charge on any atom is -0.478 e. The quantitative estimate of drug-likeness (QED) is 0.893. The highest BCUT2D eigenvalue weighted by molar-refractivity contribution is 7.89. The lowest BCUT2D eigenvalue weighted by Gasteiger charge is -2.14. The standard InChI is InChI=1S/C8H9F3N2O4S/c1-4-3-5(18(12,14)15)13-7(16-2)6(4)17-8(9,10)11/h3H,1-2H3,(H2,12,14,15). The van der Waals surface area contributed by atoms with Crippen LogP contribution in [-0.2, 0) is 10.0 Å². The number of pyridine rings is 1. The predicted octanol–water partition coefficient (Wildman–Crippen LogP) is 0.945. The average Bonchev–Trinajstić information content (AvgIpc) is 2.17. The van der Waals surface area contributed by atoms with Gasteiger partial charge in [-0.05, 0) is 18.6 Å². The van der Waals surface area contributed by atoms with Crippen LogP contribution in [0.2, 0.25) is 0 Å². The largest absolute Gasteiger partial charge is 0.573 e. The molecule has 102 valence electrons.